The fourth-order valence-electron chi connectivity index (χ4n) is 2.22. The first-order valence-corrected chi connectivity index (χ1v) is 8.55. The third-order valence-electron chi connectivity index (χ3n) is 3.52. The van der Waals surface area contributed by atoms with Crippen LogP contribution in [-0.2, 0) is 25.8 Å². The van der Waals surface area contributed by atoms with Gasteiger partial charge in [-0.25, -0.2) is 8.42 Å². The molecule has 0 radical (unpaired) electrons. The van der Waals surface area contributed by atoms with E-state index in [-0.39, 0.29) is 17.2 Å². The highest BCUT2D eigenvalue weighted by atomic mass is 32.2. The van der Waals surface area contributed by atoms with Gasteiger partial charge in [-0.1, -0.05) is 12.1 Å². The van der Waals surface area contributed by atoms with Crippen molar-refractivity contribution >= 4 is 22.2 Å². The Morgan fingerprint density at radius 1 is 1.14 bits per heavy atom. The van der Waals surface area contributed by atoms with Gasteiger partial charge >= 0.3 is 0 Å². The van der Waals surface area contributed by atoms with E-state index in [0.29, 0.717) is 26.2 Å². The fourth-order valence-corrected chi connectivity index (χ4v) is 2.85. The van der Waals surface area contributed by atoms with E-state index in [0.717, 1.165) is 18.2 Å². The van der Waals surface area contributed by atoms with Crippen LogP contribution in [0.2, 0.25) is 0 Å². The van der Waals surface area contributed by atoms with Crippen LogP contribution >= 0.6 is 0 Å². The maximum absolute atomic E-state index is 12.1. The SMILES string of the molecule is CS(=O)(=O)c1ccc(CC(=O)N2CCN(C=O)CC2)cc1. The lowest BCUT2D eigenvalue weighted by molar-refractivity contribution is -0.134. The lowest BCUT2D eigenvalue weighted by Gasteiger charge is -2.32. The first-order valence-electron chi connectivity index (χ1n) is 6.66. The maximum Gasteiger partial charge on any atom is 0.227 e. The summed E-state index contributed by atoms with van der Waals surface area (Å²) in [7, 11) is -3.21. The summed E-state index contributed by atoms with van der Waals surface area (Å²) in [4.78, 5) is 26.4. The summed E-state index contributed by atoms with van der Waals surface area (Å²) in [6.45, 7) is 2.20. The summed E-state index contributed by atoms with van der Waals surface area (Å²) >= 11 is 0. The first kappa shape index (κ1) is 15.5. The number of carbonyl (C=O) groups excluding carboxylic acids is 2. The number of hydrogen-bond acceptors (Lipinski definition) is 4. The molecule has 0 atom stereocenters. The van der Waals surface area contributed by atoms with Crippen LogP contribution in [0.5, 0.6) is 0 Å². The molecule has 0 aromatic heterocycles. The van der Waals surface area contributed by atoms with Gasteiger partial charge in [0, 0.05) is 32.4 Å². The van der Waals surface area contributed by atoms with E-state index < -0.39 is 9.84 Å². The van der Waals surface area contributed by atoms with Gasteiger partial charge in [-0.3, -0.25) is 9.59 Å². The molecule has 1 fully saturated rings. The number of sulfone groups is 1. The van der Waals surface area contributed by atoms with Crippen LogP contribution in [0.3, 0.4) is 0 Å². The fraction of sp³-hybridized carbons (Fsp3) is 0.429. The average Bonchev–Trinajstić information content (AvgIpc) is 2.47. The predicted octanol–water partition coefficient (Wildman–Crippen LogP) is -0.0668. The third kappa shape index (κ3) is 4.04. The predicted molar refractivity (Wildman–Crippen MR) is 77.5 cm³/mol. The highest BCUT2D eigenvalue weighted by molar-refractivity contribution is 7.90. The number of nitrogens with zero attached hydrogens (tertiary/aromatic N) is 2. The molecule has 6 nitrogen and oxygen atoms in total. The summed E-state index contributed by atoms with van der Waals surface area (Å²) < 4.78 is 22.7. The van der Waals surface area contributed by atoms with Crippen molar-refractivity contribution in [2.75, 3.05) is 32.4 Å². The average molecular weight is 310 g/mol. The molecule has 2 rings (SSSR count). The zero-order chi connectivity index (χ0) is 15.5. The molecule has 1 aromatic rings. The highest BCUT2D eigenvalue weighted by Gasteiger charge is 2.20. The Morgan fingerprint density at radius 3 is 2.19 bits per heavy atom. The van der Waals surface area contributed by atoms with Crippen molar-refractivity contribution in [2.24, 2.45) is 0 Å². The van der Waals surface area contributed by atoms with Crippen molar-refractivity contribution in [1.82, 2.24) is 9.80 Å². The second kappa shape index (κ2) is 6.26. The van der Waals surface area contributed by atoms with Gasteiger partial charge in [-0.05, 0) is 17.7 Å². The lowest BCUT2D eigenvalue weighted by atomic mass is 10.1. The van der Waals surface area contributed by atoms with E-state index in [4.69, 9.17) is 0 Å². The molecule has 21 heavy (non-hydrogen) atoms. The van der Waals surface area contributed by atoms with Gasteiger partial charge in [0.15, 0.2) is 9.84 Å². The first-order chi connectivity index (χ1) is 9.90. The number of amides is 2. The number of piperazine rings is 1. The van der Waals surface area contributed by atoms with Crippen molar-refractivity contribution in [2.45, 2.75) is 11.3 Å². The number of carbonyl (C=O) groups is 2. The Hall–Kier alpha value is -1.89. The summed E-state index contributed by atoms with van der Waals surface area (Å²) in [5.41, 5.74) is 0.783. The second-order valence-electron chi connectivity index (χ2n) is 5.12. The molecule has 1 aliphatic heterocycles. The zero-order valence-corrected chi connectivity index (χ0v) is 12.7. The van der Waals surface area contributed by atoms with Crippen molar-refractivity contribution in [3.8, 4) is 0 Å². The monoisotopic (exact) mass is 310 g/mol. The second-order valence-corrected chi connectivity index (χ2v) is 7.13. The molecule has 0 unspecified atom stereocenters. The van der Waals surface area contributed by atoms with Gasteiger partial charge < -0.3 is 9.80 Å². The van der Waals surface area contributed by atoms with E-state index in [1.807, 2.05) is 0 Å². The molecule has 0 spiro atoms. The summed E-state index contributed by atoms with van der Waals surface area (Å²) in [6, 6.07) is 6.36. The van der Waals surface area contributed by atoms with Gasteiger partial charge in [-0.15, -0.1) is 0 Å². The van der Waals surface area contributed by atoms with Crippen LogP contribution in [-0.4, -0.2) is 63.0 Å². The summed E-state index contributed by atoms with van der Waals surface area (Å²) in [6.07, 6.45) is 2.19. The van der Waals surface area contributed by atoms with Crippen molar-refractivity contribution in [3.63, 3.8) is 0 Å². The standard InChI is InChI=1S/C14H18N2O4S/c1-21(19,20)13-4-2-12(3-5-13)10-14(18)16-8-6-15(11-17)7-9-16/h2-5,11H,6-10H2,1H3. The minimum atomic E-state index is -3.21. The molecule has 1 aromatic carbocycles. The molecule has 1 saturated heterocycles. The Labute approximate surface area is 124 Å². The van der Waals surface area contributed by atoms with E-state index in [1.165, 1.54) is 12.1 Å². The topological polar surface area (TPSA) is 74.8 Å². The molecular formula is C14H18N2O4S. The van der Waals surface area contributed by atoms with Crippen LogP contribution in [0.15, 0.2) is 29.2 Å². The smallest absolute Gasteiger partial charge is 0.227 e. The summed E-state index contributed by atoms with van der Waals surface area (Å²) in [5.74, 6) is -0.00680. The van der Waals surface area contributed by atoms with Crippen LogP contribution in [0.25, 0.3) is 0 Å². The Balaban J connectivity index is 1.96. The van der Waals surface area contributed by atoms with Gasteiger partial charge in [0.2, 0.25) is 12.3 Å². The Bertz CT molecular complexity index is 617. The molecule has 1 aliphatic rings. The largest absolute Gasteiger partial charge is 0.342 e. The van der Waals surface area contributed by atoms with Crippen LogP contribution in [0.1, 0.15) is 5.56 Å². The van der Waals surface area contributed by atoms with Crippen LogP contribution in [0, 0.1) is 0 Å². The van der Waals surface area contributed by atoms with Gasteiger partial charge in [0.1, 0.15) is 0 Å². The van der Waals surface area contributed by atoms with E-state index in [2.05, 4.69) is 0 Å². The molecular weight excluding hydrogens is 292 g/mol. The number of hydrogen-bond donors (Lipinski definition) is 0. The van der Waals surface area contributed by atoms with E-state index in [9.17, 15) is 18.0 Å². The molecule has 114 valence electrons. The molecule has 1 heterocycles. The normalized spacial score (nSPS) is 15.9. The molecule has 0 N–H and O–H groups in total. The molecule has 0 bridgehead atoms. The Morgan fingerprint density at radius 2 is 1.71 bits per heavy atom. The maximum atomic E-state index is 12.1. The minimum absolute atomic E-state index is 0.00680. The van der Waals surface area contributed by atoms with Crippen LogP contribution in [0.4, 0.5) is 0 Å². The lowest BCUT2D eigenvalue weighted by Crippen LogP contribution is -2.48. The Kier molecular flexibility index (Phi) is 4.62. The van der Waals surface area contributed by atoms with Gasteiger partial charge in [-0.2, -0.15) is 0 Å². The molecule has 0 aliphatic carbocycles. The van der Waals surface area contributed by atoms with Gasteiger partial charge in [0.05, 0.1) is 11.3 Å². The van der Waals surface area contributed by atoms with Crippen molar-refractivity contribution in [1.29, 1.82) is 0 Å². The number of rotatable bonds is 4. The van der Waals surface area contributed by atoms with Crippen molar-refractivity contribution in [3.05, 3.63) is 29.8 Å². The quantitative estimate of drug-likeness (QED) is 0.730. The molecule has 7 heteroatoms. The highest BCUT2D eigenvalue weighted by Crippen LogP contribution is 2.12. The van der Waals surface area contributed by atoms with E-state index >= 15 is 0 Å². The molecule has 0 saturated carbocycles. The third-order valence-corrected chi connectivity index (χ3v) is 4.65. The zero-order valence-electron chi connectivity index (χ0n) is 11.9. The number of benzene rings is 1. The molecule has 2 amide bonds. The minimum Gasteiger partial charge on any atom is -0.342 e. The van der Waals surface area contributed by atoms with Gasteiger partial charge in [0.25, 0.3) is 0 Å². The van der Waals surface area contributed by atoms with Crippen LogP contribution < -0.4 is 0 Å². The van der Waals surface area contributed by atoms with Crippen molar-refractivity contribution < 1.29 is 18.0 Å². The van der Waals surface area contributed by atoms with E-state index in [1.54, 1.807) is 21.9 Å². The summed E-state index contributed by atoms with van der Waals surface area (Å²) in [5, 5.41) is 0.